The summed E-state index contributed by atoms with van der Waals surface area (Å²) in [5.41, 5.74) is 0.165. The largest absolute Gasteiger partial charge is 0.547 e. The summed E-state index contributed by atoms with van der Waals surface area (Å²) in [6.45, 7) is 8.39. The molecule has 0 amide bonds. The van der Waals surface area contributed by atoms with Gasteiger partial charge in [0.05, 0.1) is 12.2 Å². The molecule has 0 saturated carbocycles. The van der Waals surface area contributed by atoms with E-state index in [1.165, 1.54) is 6.07 Å². The second kappa shape index (κ2) is 7.38. The third-order valence-corrected chi connectivity index (χ3v) is 4.47. The van der Waals surface area contributed by atoms with Gasteiger partial charge < -0.3 is 18.5 Å². The van der Waals surface area contributed by atoms with Crippen LogP contribution in [-0.4, -0.2) is 28.4 Å². The fourth-order valence-corrected chi connectivity index (χ4v) is 3.30. The molecule has 26 heavy (non-hydrogen) atoms. The molecule has 138 valence electrons. The van der Waals surface area contributed by atoms with Crippen molar-refractivity contribution in [3.05, 3.63) is 48.0 Å². The lowest BCUT2D eigenvalue weighted by Crippen LogP contribution is -2.35. The predicted molar refractivity (Wildman–Crippen MR) is 98.9 cm³/mol. The first-order valence-corrected chi connectivity index (χ1v) is 11.2. The van der Waals surface area contributed by atoms with E-state index in [-0.39, 0.29) is 5.75 Å². The van der Waals surface area contributed by atoms with Crippen molar-refractivity contribution in [2.75, 3.05) is 6.61 Å². The van der Waals surface area contributed by atoms with E-state index in [2.05, 4.69) is 13.1 Å². The molecule has 1 fully saturated rings. The lowest BCUT2D eigenvalue weighted by atomic mass is 9.78. The van der Waals surface area contributed by atoms with Crippen LogP contribution in [0.5, 0.6) is 17.2 Å². The van der Waals surface area contributed by atoms with Crippen LogP contribution < -0.4 is 14.6 Å². The standard InChI is InChI=1S/C18H21BF2O4Si/c1-18(2)11-22-19(25-18)14-10-13(24-26(3)4)6-8-16(14)23-17-7-5-12(20)9-15(17)21/h5-10,26H,11H2,1-4H3. The van der Waals surface area contributed by atoms with Gasteiger partial charge in [-0.2, -0.15) is 0 Å². The Kier molecular flexibility index (Phi) is 5.36. The van der Waals surface area contributed by atoms with Gasteiger partial charge in [-0.3, -0.25) is 0 Å². The summed E-state index contributed by atoms with van der Waals surface area (Å²) in [5.74, 6) is -0.456. The summed E-state index contributed by atoms with van der Waals surface area (Å²) in [7, 11) is -1.95. The molecule has 1 aliphatic heterocycles. The number of benzene rings is 2. The van der Waals surface area contributed by atoms with E-state index in [9.17, 15) is 8.78 Å². The fourth-order valence-electron chi connectivity index (χ4n) is 2.61. The molecule has 2 aromatic rings. The van der Waals surface area contributed by atoms with Crippen molar-refractivity contribution in [2.45, 2.75) is 32.5 Å². The summed E-state index contributed by atoms with van der Waals surface area (Å²) in [6.07, 6.45) is 0. The molecular weight excluding hydrogens is 357 g/mol. The Balaban J connectivity index is 1.95. The molecular formula is C18H21BF2O4Si. The van der Waals surface area contributed by atoms with Crippen molar-refractivity contribution in [1.82, 2.24) is 0 Å². The first-order chi connectivity index (χ1) is 12.2. The maximum Gasteiger partial charge on any atom is 0.498 e. The number of hydrogen-bond donors (Lipinski definition) is 0. The molecule has 0 bridgehead atoms. The lowest BCUT2D eigenvalue weighted by Gasteiger charge is -2.18. The highest BCUT2D eigenvalue weighted by atomic mass is 28.3. The molecule has 0 aliphatic carbocycles. The van der Waals surface area contributed by atoms with Crippen LogP contribution in [0.25, 0.3) is 0 Å². The minimum atomic E-state index is -1.30. The summed E-state index contributed by atoms with van der Waals surface area (Å²) >= 11 is 0. The van der Waals surface area contributed by atoms with Crippen LogP contribution in [0.15, 0.2) is 36.4 Å². The molecule has 2 aromatic carbocycles. The number of halogens is 2. The van der Waals surface area contributed by atoms with Gasteiger partial charge in [0.15, 0.2) is 11.6 Å². The molecule has 8 heteroatoms. The zero-order valence-corrected chi connectivity index (χ0v) is 16.4. The number of hydrogen-bond acceptors (Lipinski definition) is 4. The number of rotatable bonds is 5. The molecule has 0 atom stereocenters. The molecule has 0 spiro atoms. The smallest absolute Gasteiger partial charge is 0.498 e. The molecule has 1 heterocycles. The Morgan fingerprint density at radius 1 is 1.08 bits per heavy atom. The van der Waals surface area contributed by atoms with Crippen LogP contribution >= 0.6 is 0 Å². The fraction of sp³-hybridized carbons (Fsp3) is 0.333. The Morgan fingerprint density at radius 3 is 2.42 bits per heavy atom. The topological polar surface area (TPSA) is 36.9 Å². The zero-order valence-electron chi connectivity index (χ0n) is 15.2. The van der Waals surface area contributed by atoms with Gasteiger partial charge in [0.1, 0.15) is 17.3 Å². The van der Waals surface area contributed by atoms with Gasteiger partial charge in [0, 0.05) is 11.5 Å². The highest BCUT2D eigenvalue weighted by Crippen LogP contribution is 2.29. The van der Waals surface area contributed by atoms with Gasteiger partial charge in [0.25, 0.3) is 0 Å². The van der Waals surface area contributed by atoms with Crippen LogP contribution in [0.4, 0.5) is 8.78 Å². The monoisotopic (exact) mass is 378 g/mol. The molecule has 0 N–H and O–H groups in total. The summed E-state index contributed by atoms with van der Waals surface area (Å²) in [4.78, 5) is 0. The van der Waals surface area contributed by atoms with Crippen molar-refractivity contribution in [3.63, 3.8) is 0 Å². The van der Waals surface area contributed by atoms with E-state index in [0.717, 1.165) is 12.1 Å². The van der Waals surface area contributed by atoms with Gasteiger partial charge >= 0.3 is 7.12 Å². The van der Waals surface area contributed by atoms with E-state index >= 15 is 0 Å². The average Bonchev–Trinajstić information content (AvgIpc) is 2.90. The SMILES string of the molecule is C[SiH](C)Oc1ccc(Oc2ccc(F)cc2F)c(B2OCC(C)(C)O2)c1. The average molecular weight is 378 g/mol. The van der Waals surface area contributed by atoms with Crippen molar-refractivity contribution < 1.29 is 27.3 Å². The Morgan fingerprint density at radius 2 is 1.81 bits per heavy atom. The Labute approximate surface area is 153 Å². The van der Waals surface area contributed by atoms with Crippen molar-refractivity contribution in [1.29, 1.82) is 0 Å². The van der Waals surface area contributed by atoms with Gasteiger partial charge in [0.2, 0.25) is 9.04 Å². The first-order valence-electron chi connectivity index (χ1n) is 8.46. The predicted octanol–water partition coefficient (Wildman–Crippen LogP) is 3.64. The van der Waals surface area contributed by atoms with Gasteiger partial charge in [-0.15, -0.1) is 0 Å². The normalized spacial score (nSPS) is 16.2. The van der Waals surface area contributed by atoms with E-state index < -0.39 is 33.4 Å². The van der Waals surface area contributed by atoms with E-state index in [1.54, 1.807) is 18.2 Å². The Bertz CT molecular complexity index is 801. The summed E-state index contributed by atoms with van der Waals surface area (Å²) in [6, 6.07) is 8.40. The minimum absolute atomic E-state index is 0.0724. The zero-order chi connectivity index (χ0) is 18.9. The van der Waals surface area contributed by atoms with Crippen LogP contribution in [-0.2, 0) is 9.31 Å². The molecule has 1 saturated heterocycles. The lowest BCUT2D eigenvalue weighted by molar-refractivity contribution is 0.137. The van der Waals surface area contributed by atoms with Crippen molar-refractivity contribution in [3.8, 4) is 17.2 Å². The Hall–Kier alpha value is -1.90. The van der Waals surface area contributed by atoms with Gasteiger partial charge in [-0.05, 0) is 57.3 Å². The van der Waals surface area contributed by atoms with Gasteiger partial charge in [-0.25, -0.2) is 8.78 Å². The second-order valence-electron chi connectivity index (χ2n) is 7.06. The van der Waals surface area contributed by atoms with E-state index in [4.69, 9.17) is 18.5 Å². The van der Waals surface area contributed by atoms with Gasteiger partial charge in [-0.1, -0.05) is 0 Å². The molecule has 0 unspecified atom stereocenters. The highest BCUT2D eigenvalue weighted by Gasteiger charge is 2.40. The van der Waals surface area contributed by atoms with E-state index in [1.807, 2.05) is 13.8 Å². The van der Waals surface area contributed by atoms with E-state index in [0.29, 0.717) is 23.6 Å². The summed E-state index contributed by atoms with van der Waals surface area (Å²) < 4.78 is 50.3. The molecule has 0 aromatic heterocycles. The molecule has 0 radical (unpaired) electrons. The van der Waals surface area contributed by atoms with Crippen LogP contribution in [0, 0.1) is 11.6 Å². The second-order valence-corrected chi connectivity index (χ2v) is 9.40. The highest BCUT2D eigenvalue weighted by molar-refractivity contribution is 6.63. The molecule has 3 rings (SSSR count). The number of ether oxygens (including phenoxy) is 1. The van der Waals surface area contributed by atoms with Crippen molar-refractivity contribution >= 4 is 21.6 Å². The van der Waals surface area contributed by atoms with Crippen LogP contribution in [0.3, 0.4) is 0 Å². The van der Waals surface area contributed by atoms with Crippen LogP contribution in [0.2, 0.25) is 13.1 Å². The van der Waals surface area contributed by atoms with Crippen molar-refractivity contribution in [2.24, 2.45) is 0 Å². The van der Waals surface area contributed by atoms with Crippen LogP contribution in [0.1, 0.15) is 13.8 Å². The third kappa shape index (κ3) is 4.44. The molecule has 4 nitrogen and oxygen atoms in total. The molecule has 1 aliphatic rings. The third-order valence-electron chi connectivity index (χ3n) is 3.73. The maximum absolute atomic E-state index is 14.0. The quantitative estimate of drug-likeness (QED) is 0.745. The minimum Gasteiger partial charge on any atom is -0.547 e. The summed E-state index contributed by atoms with van der Waals surface area (Å²) in [5, 5.41) is 0. The first kappa shape index (κ1) is 18.9. The maximum atomic E-state index is 14.0.